The number of hydrogen-bond acceptors (Lipinski definition) is 15. The number of carbonyl (C=O) groups excluding carboxylic acids is 2. The van der Waals surface area contributed by atoms with Crippen LogP contribution < -0.4 is 10.6 Å². The summed E-state index contributed by atoms with van der Waals surface area (Å²) in [5.74, 6) is 1.07. The zero-order valence-electron chi connectivity index (χ0n) is 42.1. The topological polar surface area (TPSA) is 212 Å². The third-order valence-corrected chi connectivity index (χ3v) is 12.0. The van der Waals surface area contributed by atoms with Crippen LogP contribution in [0.2, 0.25) is 0 Å². The largest absolute Gasteiger partial charge is 0.462 e. The average Bonchev–Trinajstić information content (AvgIpc) is 3.44. The van der Waals surface area contributed by atoms with Crippen LogP contribution >= 0.6 is 0 Å². The van der Waals surface area contributed by atoms with E-state index in [1.807, 2.05) is 30.3 Å². The van der Waals surface area contributed by atoms with E-state index in [4.69, 9.17) is 34.9 Å². The number of anilines is 2. The van der Waals surface area contributed by atoms with Gasteiger partial charge in [0.05, 0.1) is 70.4 Å². The molecule has 1 aromatic heterocycles. The average molecular weight is 992 g/mol. The van der Waals surface area contributed by atoms with Gasteiger partial charge in [0, 0.05) is 18.7 Å². The van der Waals surface area contributed by atoms with Crippen LogP contribution in [-0.2, 0) is 9.47 Å². The van der Waals surface area contributed by atoms with Gasteiger partial charge in [-0.1, -0.05) is 114 Å². The Balaban J connectivity index is 0.781. The van der Waals surface area contributed by atoms with Crippen LogP contribution in [0.3, 0.4) is 0 Å². The standard InChI is InChI=1S/C59H65N11O4/c1-2-45-19-25-48(26-20-45)55-64-58(62-39-15-11-7-3-5-9-13-17-41-73-56(71)49-27-35-53(36-28-49)69-67-51-31-21-46(43-60)22-32-51)66-59(65-55)63-40-16-12-8-4-6-10-14-18-42-74-57(72)50-29-37-54(38-30-50)70-68-52-33-23-47(44-61)24-34-52/h2,19-38H,1,3-18,39-42H2,(H2,62,63,64,65,66). The third kappa shape index (κ3) is 20.0. The van der Waals surface area contributed by atoms with Crippen LogP contribution in [0.15, 0.2) is 148 Å². The molecule has 2 N–H and O–H groups in total. The highest BCUT2D eigenvalue weighted by molar-refractivity contribution is 5.90. The van der Waals surface area contributed by atoms with Gasteiger partial charge in [0.25, 0.3) is 0 Å². The van der Waals surface area contributed by atoms with E-state index in [1.165, 1.54) is 0 Å². The van der Waals surface area contributed by atoms with Gasteiger partial charge in [-0.15, -0.1) is 0 Å². The molecule has 0 aliphatic carbocycles. The van der Waals surface area contributed by atoms with Gasteiger partial charge in [0.2, 0.25) is 11.9 Å². The van der Waals surface area contributed by atoms with Crippen molar-refractivity contribution in [2.45, 2.75) is 103 Å². The lowest BCUT2D eigenvalue weighted by molar-refractivity contribution is 0.0488. The Hall–Kier alpha value is -8.43. The first-order chi connectivity index (χ1) is 36.4. The van der Waals surface area contributed by atoms with Crippen molar-refractivity contribution in [3.63, 3.8) is 0 Å². The van der Waals surface area contributed by atoms with E-state index in [2.05, 4.69) is 49.8 Å². The zero-order chi connectivity index (χ0) is 51.8. The number of esters is 2. The van der Waals surface area contributed by atoms with Gasteiger partial charge in [-0.3, -0.25) is 0 Å². The van der Waals surface area contributed by atoms with Crippen LogP contribution in [-0.4, -0.2) is 53.2 Å². The Morgan fingerprint density at radius 2 is 0.797 bits per heavy atom. The number of hydrogen-bond donors (Lipinski definition) is 2. The quantitative estimate of drug-likeness (QED) is 0.0230. The zero-order valence-corrected chi connectivity index (χ0v) is 42.1. The summed E-state index contributed by atoms with van der Waals surface area (Å²) in [5.41, 5.74) is 6.56. The van der Waals surface area contributed by atoms with Crippen molar-refractivity contribution in [1.29, 1.82) is 10.5 Å². The molecular formula is C59H65N11O4. The molecule has 15 heteroatoms. The summed E-state index contributed by atoms with van der Waals surface area (Å²) < 4.78 is 11.0. The van der Waals surface area contributed by atoms with Crippen molar-refractivity contribution in [3.05, 3.63) is 156 Å². The Labute approximate surface area is 435 Å². The molecule has 0 fully saturated rings. The normalized spacial score (nSPS) is 11.0. The van der Waals surface area contributed by atoms with Crippen molar-refractivity contribution in [2.24, 2.45) is 20.5 Å². The summed E-state index contributed by atoms with van der Waals surface area (Å²) in [5, 5.41) is 41.5. The summed E-state index contributed by atoms with van der Waals surface area (Å²) in [6.45, 7) is 6.21. The molecule has 6 rings (SSSR count). The van der Waals surface area contributed by atoms with Gasteiger partial charge >= 0.3 is 11.9 Å². The van der Waals surface area contributed by atoms with E-state index in [0.717, 1.165) is 127 Å². The Morgan fingerprint density at radius 1 is 0.459 bits per heavy atom. The van der Waals surface area contributed by atoms with Crippen LogP contribution in [0.25, 0.3) is 17.5 Å². The van der Waals surface area contributed by atoms with Crippen LogP contribution in [0, 0.1) is 22.7 Å². The fraction of sp³-hybridized carbons (Fsp3) is 0.339. The first-order valence-corrected chi connectivity index (χ1v) is 25.7. The van der Waals surface area contributed by atoms with E-state index in [9.17, 15) is 9.59 Å². The van der Waals surface area contributed by atoms with E-state index in [-0.39, 0.29) is 11.9 Å². The molecule has 6 aromatic rings. The number of ether oxygens (including phenoxy) is 2. The first kappa shape index (κ1) is 54.9. The molecule has 0 bridgehead atoms. The van der Waals surface area contributed by atoms with Crippen molar-refractivity contribution >= 4 is 52.7 Å². The van der Waals surface area contributed by atoms with Crippen molar-refractivity contribution in [1.82, 2.24) is 15.0 Å². The van der Waals surface area contributed by atoms with Crippen LogP contribution in [0.5, 0.6) is 0 Å². The molecule has 0 aliphatic rings. The summed E-state index contributed by atoms with van der Waals surface area (Å²) >= 11 is 0. The maximum Gasteiger partial charge on any atom is 0.338 e. The number of nitrogens with one attached hydrogen (secondary N) is 2. The summed E-state index contributed by atoms with van der Waals surface area (Å²) in [4.78, 5) is 39.3. The van der Waals surface area contributed by atoms with Gasteiger partial charge in [-0.2, -0.15) is 45.9 Å². The predicted molar refractivity (Wildman–Crippen MR) is 290 cm³/mol. The molecular weight excluding hydrogens is 927 g/mol. The van der Waals surface area contributed by atoms with Gasteiger partial charge in [-0.05, 0) is 128 Å². The van der Waals surface area contributed by atoms with Gasteiger partial charge in [0.1, 0.15) is 0 Å². The minimum absolute atomic E-state index is 0.343. The Morgan fingerprint density at radius 3 is 1.15 bits per heavy atom. The fourth-order valence-corrected chi connectivity index (χ4v) is 7.67. The molecule has 1 heterocycles. The van der Waals surface area contributed by atoms with Crippen LogP contribution in [0.4, 0.5) is 34.6 Å². The Bertz CT molecular complexity index is 2640. The molecule has 0 spiro atoms. The highest BCUT2D eigenvalue weighted by Crippen LogP contribution is 2.23. The lowest BCUT2D eigenvalue weighted by Gasteiger charge is -2.11. The number of unbranched alkanes of at least 4 members (excludes halogenated alkanes) is 14. The van der Waals surface area contributed by atoms with Crippen molar-refractivity contribution < 1.29 is 19.1 Å². The molecule has 74 heavy (non-hydrogen) atoms. The number of nitriles is 2. The predicted octanol–water partition coefficient (Wildman–Crippen LogP) is 15.5. The molecule has 0 saturated heterocycles. The molecule has 0 saturated carbocycles. The second-order valence-electron chi connectivity index (χ2n) is 17.7. The summed E-state index contributed by atoms with van der Waals surface area (Å²) in [6, 6.07) is 39.5. The monoisotopic (exact) mass is 992 g/mol. The van der Waals surface area contributed by atoms with Gasteiger partial charge in [-0.25, -0.2) is 9.59 Å². The number of benzene rings is 5. The Kier molecular flexibility index (Phi) is 23.6. The fourth-order valence-electron chi connectivity index (χ4n) is 7.67. The molecule has 0 unspecified atom stereocenters. The summed E-state index contributed by atoms with van der Waals surface area (Å²) in [7, 11) is 0. The number of azo groups is 2. The molecule has 0 atom stereocenters. The van der Waals surface area contributed by atoms with E-state index >= 15 is 0 Å². The third-order valence-electron chi connectivity index (χ3n) is 12.0. The van der Waals surface area contributed by atoms with Gasteiger partial charge in [0.15, 0.2) is 5.82 Å². The van der Waals surface area contributed by atoms with Crippen LogP contribution in [0.1, 0.15) is 140 Å². The molecule has 380 valence electrons. The SMILES string of the molecule is C=Cc1ccc(-c2nc(NCCCCCCCCCCOC(=O)c3ccc(N=Nc4ccc(C#N)cc4)cc3)nc(NCCCCCCCCCCOC(=O)c3ccc(N=Nc4ccc(C#N)cc4)cc3)n2)cc1. The van der Waals surface area contributed by atoms with E-state index in [1.54, 1.807) is 97.1 Å². The molecule has 15 nitrogen and oxygen atoms in total. The highest BCUT2D eigenvalue weighted by atomic mass is 16.5. The second kappa shape index (κ2) is 31.8. The second-order valence-corrected chi connectivity index (χ2v) is 17.7. The van der Waals surface area contributed by atoms with E-state index in [0.29, 0.717) is 75.9 Å². The smallest absolute Gasteiger partial charge is 0.338 e. The lowest BCUT2D eigenvalue weighted by atomic mass is 10.1. The van der Waals surface area contributed by atoms with Gasteiger partial charge < -0.3 is 20.1 Å². The molecule has 0 amide bonds. The number of nitrogens with zero attached hydrogens (tertiary/aromatic N) is 9. The number of carbonyl (C=O) groups is 2. The highest BCUT2D eigenvalue weighted by Gasteiger charge is 2.11. The first-order valence-electron chi connectivity index (χ1n) is 25.7. The maximum absolute atomic E-state index is 12.5. The number of rotatable bonds is 32. The minimum atomic E-state index is -0.343. The van der Waals surface area contributed by atoms with Crippen molar-refractivity contribution in [2.75, 3.05) is 36.9 Å². The minimum Gasteiger partial charge on any atom is -0.462 e. The van der Waals surface area contributed by atoms with E-state index < -0.39 is 0 Å². The lowest BCUT2D eigenvalue weighted by Crippen LogP contribution is -2.12. The maximum atomic E-state index is 12.5. The molecule has 5 aromatic carbocycles. The number of aromatic nitrogens is 3. The summed E-state index contributed by atoms with van der Waals surface area (Å²) in [6.07, 6.45) is 18.9. The van der Waals surface area contributed by atoms with Crippen molar-refractivity contribution in [3.8, 4) is 23.5 Å². The molecule has 0 aliphatic heterocycles. The molecule has 0 radical (unpaired) electrons.